The lowest BCUT2D eigenvalue weighted by atomic mass is 9.95. The van der Waals surface area contributed by atoms with E-state index < -0.39 is 24.5 Å². The lowest BCUT2D eigenvalue weighted by Gasteiger charge is -2.12. The Morgan fingerprint density at radius 2 is 1.79 bits per heavy atom. The third-order valence-corrected chi connectivity index (χ3v) is 6.97. The number of benzene rings is 1. The summed E-state index contributed by atoms with van der Waals surface area (Å²) in [6.45, 7) is 5.42. The number of esters is 2. The number of ether oxygens (including phenoxy) is 2. The fourth-order valence-corrected chi connectivity index (χ4v) is 5.19. The van der Waals surface area contributed by atoms with E-state index in [2.05, 4.69) is 15.3 Å². The number of thiophene rings is 1. The first-order valence-corrected chi connectivity index (χ1v) is 12.1. The number of H-pyrrole nitrogens is 1. The molecule has 0 atom stereocenters. The quantitative estimate of drug-likeness (QED) is 0.477. The molecule has 2 heterocycles. The second kappa shape index (κ2) is 10.2. The average molecular weight is 482 g/mol. The number of hydrogen-bond acceptors (Lipinski definition) is 7. The van der Waals surface area contributed by atoms with Gasteiger partial charge in [0.05, 0.1) is 23.4 Å². The molecule has 1 aliphatic carbocycles. The molecular formula is C25H27N3O5S. The van der Waals surface area contributed by atoms with Gasteiger partial charge in [0.2, 0.25) is 0 Å². The Morgan fingerprint density at radius 3 is 2.47 bits per heavy atom. The number of imidazole rings is 1. The Hall–Kier alpha value is -3.46. The Kier molecular flexibility index (Phi) is 7.12. The van der Waals surface area contributed by atoms with Gasteiger partial charge in [-0.3, -0.25) is 4.79 Å². The minimum absolute atomic E-state index is 0.256. The molecule has 2 aromatic heterocycles. The molecule has 4 rings (SSSR count). The number of nitrogens with zero attached hydrogens (tertiary/aromatic N) is 1. The third-order valence-electron chi connectivity index (χ3n) is 5.76. The molecule has 0 bridgehead atoms. The van der Waals surface area contributed by atoms with Gasteiger partial charge in [0, 0.05) is 16.1 Å². The molecule has 34 heavy (non-hydrogen) atoms. The molecular weight excluding hydrogens is 454 g/mol. The van der Waals surface area contributed by atoms with E-state index in [0.717, 1.165) is 58.9 Å². The van der Waals surface area contributed by atoms with Crippen LogP contribution in [0.4, 0.5) is 5.00 Å². The molecule has 0 aliphatic heterocycles. The number of nitrogens with one attached hydrogen (secondary N) is 2. The molecule has 9 heteroatoms. The first-order chi connectivity index (χ1) is 16.4. The number of anilines is 1. The van der Waals surface area contributed by atoms with Crippen molar-refractivity contribution in [1.82, 2.24) is 9.97 Å². The smallest absolute Gasteiger partial charge is 0.341 e. The standard InChI is InChI=1S/C25H27N3O5S/c1-4-32-25(31)21-18-7-5-6-8-19(18)34-23(21)28-20(29)13-33-24(30)17-11-9-16(10-12-17)22-26-14(2)15(3)27-22/h9-12H,4-8,13H2,1-3H3,(H,26,27)(H,28,29). The van der Waals surface area contributed by atoms with Crippen LogP contribution in [0.15, 0.2) is 24.3 Å². The molecule has 0 saturated heterocycles. The molecule has 1 aliphatic rings. The number of aromatic amines is 1. The summed E-state index contributed by atoms with van der Waals surface area (Å²) in [7, 11) is 0. The number of fused-ring (bicyclic) bond motifs is 1. The maximum Gasteiger partial charge on any atom is 0.341 e. The van der Waals surface area contributed by atoms with Gasteiger partial charge in [-0.25, -0.2) is 14.6 Å². The molecule has 178 valence electrons. The average Bonchev–Trinajstić information content (AvgIpc) is 3.36. The van der Waals surface area contributed by atoms with E-state index in [1.165, 1.54) is 11.3 Å². The van der Waals surface area contributed by atoms with Crippen LogP contribution in [0.5, 0.6) is 0 Å². The molecule has 2 N–H and O–H groups in total. The molecule has 0 fully saturated rings. The summed E-state index contributed by atoms with van der Waals surface area (Å²) in [6.07, 6.45) is 3.72. The van der Waals surface area contributed by atoms with E-state index in [-0.39, 0.29) is 6.61 Å². The summed E-state index contributed by atoms with van der Waals surface area (Å²) in [6, 6.07) is 6.82. The molecule has 1 amide bonds. The minimum Gasteiger partial charge on any atom is -0.462 e. The summed E-state index contributed by atoms with van der Waals surface area (Å²) in [5.74, 6) is -0.818. The van der Waals surface area contributed by atoms with Crippen LogP contribution in [-0.4, -0.2) is 41.0 Å². The normalized spacial score (nSPS) is 12.7. The van der Waals surface area contributed by atoms with Crippen molar-refractivity contribution in [2.45, 2.75) is 46.5 Å². The SMILES string of the molecule is CCOC(=O)c1c(NC(=O)COC(=O)c2ccc(-c3nc(C)c(C)[nH]3)cc2)sc2c1CCCC2. The topological polar surface area (TPSA) is 110 Å². The zero-order valence-corrected chi connectivity index (χ0v) is 20.3. The monoisotopic (exact) mass is 481 g/mol. The zero-order chi connectivity index (χ0) is 24.2. The van der Waals surface area contributed by atoms with Crippen molar-refractivity contribution in [3.05, 3.63) is 57.2 Å². The van der Waals surface area contributed by atoms with E-state index in [1.807, 2.05) is 13.8 Å². The van der Waals surface area contributed by atoms with Gasteiger partial charge in [-0.15, -0.1) is 11.3 Å². The number of aromatic nitrogens is 2. The first kappa shape index (κ1) is 23.7. The Bertz CT molecular complexity index is 1210. The summed E-state index contributed by atoms with van der Waals surface area (Å²) in [5, 5.41) is 3.20. The predicted octanol–water partition coefficient (Wildman–Crippen LogP) is 4.61. The summed E-state index contributed by atoms with van der Waals surface area (Å²) in [4.78, 5) is 46.2. The fourth-order valence-electron chi connectivity index (χ4n) is 3.90. The maximum atomic E-state index is 12.5. The highest BCUT2D eigenvalue weighted by molar-refractivity contribution is 7.17. The van der Waals surface area contributed by atoms with Crippen LogP contribution in [0.25, 0.3) is 11.4 Å². The minimum atomic E-state index is -0.607. The van der Waals surface area contributed by atoms with Crippen LogP contribution in [0.1, 0.15) is 62.3 Å². The molecule has 8 nitrogen and oxygen atoms in total. The summed E-state index contributed by atoms with van der Waals surface area (Å²) >= 11 is 1.40. The highest BCUT2D eigenvalue weighted by atomic mass is 32.1. The van der Waals surface area contributed by atoms with Crippen LogP contribution in [-0.2, 0) is 27.1 Å². The summed E-state index contributed by atoms with van der Waals surface area (Å²) < 4.78 is 10.4. The van der Waals surface area contributed by atoms with E-state index in [0.29, 0.717) is 16.1 Å². The van der Waals surface area contributed by atoms with Crippen LogP contribution in [0, 0.1) is 13.8 Å². The van der Waals surface area contributed by atoms with Crippen molar-refractivity contribution in [2.24, 2.45) is 0 Å². The number of aryl methyl sites for hydroxylation is 3. The molecule has 0 radical (unpaired) electrons. The number of amides is 1. The van der Waals surface area contributed by atoms with Crippen LogP contribution >= 0.6 is 11.3 Å². The van der Waals surface area contributed by atoms with E-state index in [9.17, 15) is 14.4 Å². The number of carbonyl (C=O) groups is 3. The number of carbonyl (C=O) groups excluding carboxylic acids is 3. The van der Waals surface area contributed by atoms with Gasteiger partial charge < -0.3 is 19.8 Å². The highest BCUT2D eigenvalue weighted by Gasteiger charge is 2.27. The second-order valence-electron chi connectivity index (χ2n) is 8.13. The zero-order valence-electron chi connectivity index (χ0n) is 19.4. The van der Waals surface area contributed by atoms with Crippen LogP contribution in [0.3, 0.4) is 0 Å². The first-order valence-electron chi connectivity index (χ1n) is 11.3. The van der Waals surface area contributed by atoms with Crippen molar-refractivity contribution in [3.8, 4) is 11.4 Å². The molecule has 0 unspecified atom stereocenters. The third kappa shape index (κ3) is 5.04. The Balaban J connectivity index is 1.39. The van der Waals surface area contributed by atoms with E-state index in [4.69, 9.17) is 9.47 Å². The van der Waals surface area contributed by atoms with Crippen molar-refractivity contribution in [2.75, 3.05) is 18.5 Å². The van der Waals surface area contributed by atoms with Gasteiger partial charge in [0.1, 0.15) is 10.8 Å². The maximum absolute atomic E-state index is 12.5. The van der Waals surface area contributed by atoms with Crippen molar-refractivity contribution < 1.29 is 23.9 Å². The largest absolute Gasteiger partial charge is 0.462 e. The van der Waals surface area contributed by atoms with E-state index >= 15 is 0 Å². The van der Waals surface area contributed by atoms with Gasteiger partial charge in [-0.05, 0) is 64.2 Å². The number of hydrogen-bond donors (Lipinski definition) is 2. The molecule has 0 spiro atoms. The predicted molar refractivity (Wildman–Crippen MR) is 129 cm³/mol. The Morgan fingerprint density at radius 1 is 1.06 bits per heavy atom. The fraction of sp³-hybridized carbons (Fsp3) is 0.360. The molecule has 1 aromatic carbocycles. The highest BCUT2D eigenvalue weighted by Crippen LogP contribution is 2.38. The van der Waals surface area contributed by atoms with Gasteiger partial charge in [0.15, 0.2) is 6.61 Å². The van der Waals surface area contributed by atoms with Crippen molar-refractivity contribution in [3.63, 3.8) is 0 Å². The summed E-state index contributed by atoms with van der Waals surface area (Å²) in [5.41, 5.74) is 4.47. The molecule has 3 aromatic rings. The van der Waals surface area contributed by atoms with Gasteiger partial charge >= 0.3 is 11.9 Å². The number of rotatable bonds is 7. The Labute approximate surface area is 201 Å². The second-order valence-corrected chi connectivity index (χ2v) is 9.24. The lowest BCUT2D eigenvalue weighted by molar-refractivity contribution is -0.119. The van der Waals surface area contributed by atoms with Crippen LogP contribution < -0.4 is 5.32 Å². The van der Waals surface area contributed by atoms with Crippen molar-refractivity contribution >= 4 is 34.2 Å². The van der Waals surface area contributed by atoms with Gasteiger partial charge in [-0.1, -0.05) is 12.1 Å². The van der Waals surface area contributed by atoms with Crippen molar-refractivity contribution in [1.29, 1.82) is 0 Å². The van der Waals surface area contributed by atoms with Gasteiger partial charge in [-0.2, -0.15) is 0 Å². The molecule has 0 saturated carbocycles. The lowest BCUT2D eigenvalue weighted by Crippen LogP contribution is -2.22. The van der Waals surface area contributed by atoms with Crippen LogP contribution in [0.2, 0.25) is 0 Å². The van der Waals surface area contributed by atoms with Gasteiger partial charge in [0.25, 0.3) is 5.91 Å². The van der Waals surface area contributed by atoms with E-state index in [1.54, 1.807) is 31.2 Å².